The summed E-state index contributed by atoms with van der Waals surface area (Å²) in [6, 6.07) is 9.81. The van der Waals surface area contributed by atoms with Gasteiger partial charge in [0, 0.05) is 28.9 Å². The highest BCUT2D eigenvalue weighted by atomic mass is 16.5. The summed E-state index contributed by atoms with van der Waals surface area (Å²) < 4.78 is 11.0. The lowest BCUT2D eigenvalue weighted by Gasteiger charge is -2.18. The Hall–Kier alpha value is -2.27. The van der Waals surface area contributed by atoms with Crippen LogP contribution in [0.1, 0.15) is 18.0 Å². The summed E-state index contributed by atoms with van der Waals surface area (Å²) in [7, 11) is 3.28. The zero-order chi connectivity index (χ0) is 15.7. The van der Waals surface area contributed by atoms with Gasteiger partial charge in [-0.05, 0) is 12.5 Å². The van der Waals surface area contributed by atoms with E-state index in [2.05, 4.69) is 5.32 Å². The second kappa shape index (κ2) is 5.85. The molecule has 1 saturated heterocycles. The molecule has 1 fully saturated rings. The molecule has 1 aliphatic rings. The van der Waals surface area contributed by atoms with E-state index in [1.54, 1.807) is 14.2 Å². The highest BCUT2D eigenvalue weighted by molar-refractivity contribution is 5.94. The third kappa shape index (κ3) is 2.37. The highest BCUT2D eigenvalue weighted by Gasteiger charge is 2.32. The second-order valence-electron chi connectivity index (χ2n) is 5.48. The van der Waals surface area contributed by atoms with Crippen LogP contribution >= 0.6 is 0 Å². The van der Waals surface area contributed by atoms with Crippen LogP contribution in [0.5, 0.6) is 11.5 Å². The molecule has 2 atom stereocenters. The van der Waals surface area contributed by atoms with Gasteiger partial charge in [-0.25, -0.2) is 0 Å². The molecule has 0 spiro atoms. The Morgan fingerprint density at radius 1 is 1.18 bits per heavy atom. The molecule has 0 radical (unpaired) electrons. The SMILES string of the molecule is COc1cccc2c(OC)c(C3CC(C(=O)O)CN3)ccc12. The summed E-state index contributed by atoms with van der Waals surface area (Å²) in [5.74, 6) is 0.470. The maximum atomic E-state index is 11.1. The number of carboxylic acids is 1. The molecule has 0 saturated carbocycles. The largest absolute Gasteiger partial charge is 0.496 e. The number of fused-ring (bicyclic) bond motifs is 1. The average Bonchev–Trinajstić information content (AvgIpc) is 3.03. The fourth-order valence-electron chi connectivity index (χ4n) is 3.16. The minimum atomic E-state index is -0.753. The van der Waals surface area contributed by atoms with E-state index in [9.17, 15) is 4.79 Å². The molecule has 1 aliphatic heterocycles. The standard InChI is InChI=1S/C17H19NO4/c1-21-15-5-3-4-12-11(15)6-7-13(16(12)22-2)14-8-10(9-18-14)17(19)20/h3-7,10,14,18H,8-9H2,1-2H3,(H,19,20). The molecular weight excluding hydrogens is 282 g/mol. The maximum absolute atomic E-state index is 11.1. The van der Waals surface area contributed by atoms with Crippen molar-refractivity contribution < 1.29 is 19.4 Å². The lowest BCUT2D eigenvalue weighted by Crippen LogP contribution is -2.17. The molecule has 0 amide bonds. The van der Waals surface area contributed by atoms with Crippen molar-refractivity contribution >= 4 is 16.7 Å². The van der Waals surface area contributed by atoms with Crippen molar-refractivity contribution in [2.24, 2.45) is 5.92 Å². The number of methoxy groups -OCH3 is 2. The van der Waals surface area contributed by atoms with Crippen LogP contribution < -0.4 is 14.8 Å². The molecule has 5 heteroatoms. The third-order valence-electron chi connectivity index (χ3n) is 4.28. The van der Waals surface area contributed by atoms with Crippen molar-refractivity contribution in [2.75, 3.05) is 20.8 Å². The van der Waals surface area contributed by atoms with Crippen LogP contribution in [0.4, 0.5) is 0 Å². The van der Waals surface area contributed by atoms with Gasteiger partial charge in [-0.15, -0.1) is 0 Å². The van der Waals surface area contributed by atoms with Gasteiger partial charge < -0.3 is 19.9 Å². The van der Waals surface area contributed by atoms with Crippen LogP contribution in [-0.2, 0) is 4.79 Å². The van der Waals surface area contributed by atoms with Crippen molar-refractivity contribution in [3.63, 3.8) is 0 Å². The van der Waals surface area contributed by atoms with E-state index in [1.807, 2.05) is 30.3 Å². The molecule has 0 bridgehead atoms. The van der Waals surface area contributed by atoms with E-state index >= 15 is 0 Å². The Morgan fingerprint density at radius 3 is 2.64 bits per heavy atom. The van der Waals surface area contributed by atoms with Gasteiger partial charge in [0.2, 0.25) is 0 Å². The molecule has 2 aromatic rings. The Morgan fingerprint density at radius 2 is 2.00 bits per heavy atom. The first-order chi connectivity index (χ1) is 10.7. The Labute approximate surface area is 128 Å². The first-order valence-electron chi connectivity index (χ1n) is 7.25. The molecule has 3 rings (SSSR count). The highest BCUT2D eigenvalue weighted by Crippen LogP contribution is 2.40. The van der Waals surface area contributed by atoms with Crippen LogP contribution in [0.15, 0.2) is 30.3 Å². The maximum Gasteiger partial charge on any atom is 0.307 e. The molecule has 0 aliphatic carbocycles. The summed E-state index contributed by atoms with van der Waals surface area (Å²) in [5, 5.41) is 14.4. The van der Waals surface area contributed by atoms with Crippen LogP contribution in [-0.4, -0.2) is 31.8 Å². The Balaban J connectivity index is 2.06. The van der Waals surface area contributed by atoms with Gasteiger partial charge in [0.1, 0.15) is 11.5 Å². The van der Waals surface area contributed by atoms with E-state index in [-0.39, 0.29) is 12.0 Å². The number of benzene rings is 2. The molecule has 2 unspecified atom stereocenters. The third-order valence-corrected chi connectivity index (χ3v) is 4.28. The number of hydrogen-bond donors (Lipinski definition) is 2. The minimum Gasteiger partial charge on any atom is -0.496 e. The molecule has 0 aromatic heterocycles. The van der Waals surface area contributed by atoms with Crippen molar-refractivity contribution in [3.8, 4) is 11.5 Å². The Bertz CT molecular complexity index is 713. The number of rotatable bonds is 4. The van der Waals surface area contributed by atoms with Gasteiger partial charge >= 0.3 is 5.97 Å². The van der Waals surface area contributed by atoms with Gasteiger partial charge in [0.25, 0.3) is 0 Å². The summed E-state index contributed by atoms with van der Waals surface area (Å²) in [4.78, 5) is 11.1. The number of carbonyl (C=O) groups is 1. The van der Waals surface area contributed by atoms with Gasteiger partial charge in [-0.3, -0.25) is 4.79 Å². The molecule has 2 N–H and O–H groups in total. The quantitative estimate of drug-likeness (QED) is 0.908. The summed E-state index contributed by atoms with van der Waals surface area (Å²) >= 11 is 0. The van der Waals surface area contributed by atoms with Gasteiger partial charge in [-0.2, -0.15) is 0 Å². The smallest absolute Gasteiger partial charge is 0.307 e. The fourth-order valence-corrected chi connectivity index (χ4v) is 3.16. The fraction of sp³-hybridized carbons (Fsp3) is 0.353. The van der Waals surface area contributed by atoms with E-state index in [0.29, 0.717) is 13.0 Å². The molecule has 1 heterocycles. The molecular formula is C17H19NO4. The van der Waals surface area contributed by atoms with Crippen LogP contribution in [0.2, 0.25) is 0 Å². The van der Waals surface area contributed by atoms with Crippen molar-refractivity contribution in [1.29, 1.82) is 0 Å². The molecule has 5 nitrogen and oxygen atoms in total. The molecule has 116 valence electrons. The van der Waals surface area contributed by atoms with Gasteiger partial charge in [0.15, 0.2) is 0 Å². The van der Waals surface area contributed by atoms with Crippen LogP contribution in [0, 0.1) is 5.92 Å². The average molecular weight is 301 g/mol. The number of ether oxygens (including phenoxy) is 2. The molecule has 2 aromatic carbocycles. The van der Waals surface area contributed by atoms with E-state index in [0.717, 1.165) is 27.8 Å². The lowest BCUT2D eigenvalue weighted by molar-refractivity contribution is -0.141. The van der Waals surface area contributed by atoms with Crippen molar-refractivity contribution in [3.05, 3.63) is 35.9 Å². The van der Waals surface area contributed by atoms with Gasteiger partial charge in [-0.1, -0.05) is 24.3 Å². The normalized spacial score (nSPS) is 21.0. The van der Waals surface area contributed by atoms with Crippen LogP contribution in [0.25, 0.3) is 10.8 Å². The number of aliphatic carboxylic acids is 1. The summed E-state index contributed by atoms with van der Waals surface area (Å²) in [5.41, 5.74) is 0.993. The van der Waals surface area contributed by atoms with Crippen molar-refractivity contribution in [1.82, 2.24) is 5.32 Å². The van der Waals surface area contributed by atoms with Crippen LogP contribution in [0.3, 0.4) is 0 Å². The van der Waals surface area contributed by atoms with E-state index in [4.69, 9.17) is 14.6 Å². The van der Waals surface area contributed by atoms with E-state index < -0.39 is 5.97 Å². The topological polar surface area (TPSA) is 67.8 Å². The van der Waals surface area contributed by atoms with E-state index in [1.165, 1.54) is 0 Å². The monoisotopic (exact) mass is 301 g/mol. The Kier molecular flexibility index (Phi) is 3.90. The predicted octanol–water partition coefficient (Wildman–Crippen LogP) is 2.59. The zero-order valence-electron chi connectivity index (χ0n) is 12.6. The summed E-state index contributed by atoms with van der Waals surface area (Å²) in [6.45, 7) is 0.485. The summed E-state index contributed by atoms with van der Waals surface area (Å²) in [6.07, 6.45) is 0.571. The first-order valence-corrected chi connectivity index (χ1v) is 7.25. The number of hydrogen-bond acceptors (Lipinski definition) is 4. The number of carboxylic acid groups (broad SMARTS) is 1. The first kappa shape index (κ1) is 14.7. The molecule has 22 heavy (non-hydrogen) atoms. The zero-order valence-corrected chi connectivity index (χ0v) is 12.6. The number of nitrogens with one attached hydrogen (secondary N) is 1. The predicted molar refractivity (Wildman–Crippen MR) is 83.5 cm³/mol. The second-order valence-corrected chi connectivity index (χ2v) is 5.48. The minimum absolute atomic E-state index is 0.00773. The lowest BCUT2D eigenvalue weighted by atomic mass is 9.96. The van der Waals surface area contributed by atoms with Crippen molar-refractivity contribution in [2.45, 2.75) is 12.5 Å². The van der Waals surface area contributed by atoms with Gasteiger partial charge in [0.05, 0.1) is 20.1 Å².